The zero-order chi connectivity index (χ0) is 19.6. The lowest BCUT2D eigenvalue weighted by Gasteiger charge is -2.26. The van der Waals surface area contributed by atoms with E-state index >= 15 is 0 Å². The Morgan fingerprint density at radius 2 is 2.07 bits per heavy atom. The molecule has 2 aliphatic rings. The van der Waals surface area contributed by atoms with Gasteiger partial charge < -0.3 is 14.4 Å². The number of nitrogens with zero attached hydrogens (tertiary/aromatic N) is 3. The maximum Gasteiger partial charge on any atom is 0.274 e. The van der Waals surface area contributed by atoms with Gasteiger partial charge >= 0.3 is 0 Å². The van der Waals surface area contributed by atoms with Gasteiger partial charge in [-0.2, -0.15) is 5.10 Å². The molecule has 152 valence electrons. The van der Waals surface area contributed by atoms with Crippen molar-refractivity contribution in [1.29, 1.82) is 0 Å². The molecule has 0 aromatic carbocycles. The van der Waals surface area contributed by atoms with Crippen molar-refractivity contribution in [2.45, 2.75) is 23.8 Å². The van der Waals surface area contributed by atoms with Crippen LogP contribution < -0.4 is 4.72 Å². The Kier molecular flexibility index (Phi) is 5.78. The highest BCUT2D eigenvalue weighted by Gasteiger charge is 2.29. The van der Waals surface area contributed by atoms with Gasteiger partial charge in [-0.15, -0.1) is 11.3 Å². The summed E-state index contributed by atoms with van der Waals surface area (Å²) in [7, 11) is -3.52. The molecule has 2 aromatic heterocycles. The number of ether oxygens (including phenoxy) is 2. The molecule has 11 heteroatoms. The van der Waals surface area contributed by atoms with Crippen LogP contribution in [0.3, 0.4) is 0 Å². The van der Waals surface area contributed by atoms with Crippen molar-refractivity contribution in [2.24, 2.45) is 0 Å². The van der Waals surface area contributed by atoms with E-state index in [1.54, 1.807) is 27.1 Å². The standard InChI is InChI=1S/C17H22N4O5S2/c22-17(20-6-9-25-10-7-20)16-13-12-26-8-3-14(13)21(19-16)5-4-18-28(23,24)15-2-1-11-27-15/h1-2,11,18H,3-10,12H2. The van der Waals surface area contributed by atoms with E-state index in [1.807, 2.05) is 0 Å². The smallest absolute Gasteiger partial charge is 0.274 e. The zero-order valence-electron chi connectivity index (χ0n) is 15.3. The van der Waals surface area contributed by atoms with Crippen LogP contribution in [0.15, 0.2) is 21.7 Å². The van der Waals surface area contributed by atoms with Crippen LogP contribution in [0.4, 0.5) is 0 Å². The molecule has 28 heavy (non-hydrogen) atoms. The number of hydrogen-bond acceptors (Lipinski definition) is 7. The minimum absolute atomic E-state index is 0.122. The summed E-state index contributed by atoms with van der Waals surface area (Å²) in [5.41, 5.74) is 2.15. The minimum Gasteiger partial charge on any atom is -0.378 e. The van der Waals surface area contributed by atoms with Crippen molar-refractivity contribution in [3.8, 4) is 0 Å². The highest BCUT2D eigenvalue weighted by Crippen LogP contribution is 2.23. The van der Waals surface area contributed by atoms with Crippen LogP contribution >= 0.6 is 11.3 Å². The summed E-state index contributed by atoms with van der Waals surface area (Å²) in [5.74, 6) is -0.122. The van der Waals surface area contributed by atoms with Crippen molar-refractivity contribution < 1.29 is 22.7 Å². The second kappa shape index (κ2) is 8.29. The molecule has 4 heterocycles. The first-order chi connectivity index (χ1) is 13.6. The lowest BCUT2D eigenvalue weighted by Crippen LogP contribution is -2.41. The zero-order valence-corrected chi connectivity index (χ0v) is 16.9. The number of thiophene rings is 1. The highest BCUT2D eigenvalue weighted by atomic mass is 32.2. The SMILES string of the molecule is O=C(c1nn(CCNS(=O)(=O)c2cccs2)c2c1COCC2)N1CCOCC1. The third kappa shape index (κ3) is 3.98. The lowest BCUT2D eigenvalue weighted by molar-refractivity contribution is 0.0294. The normalized spacial score (nSPS) is 17.5. The first-order valence-corrected chi connectivity index (χ1v) is 11.5. The van der Waals surface area contributed by atoms with Gasteiger partial charge in [0.2, 0.25) is 10.0 Å². The predicted molar refractivity (Wildman–Crippen MR) is 102 cm³/mol. The van der Waals surface area contributed by atoms with Crippen molar-refractivity contribution >= 4 is 27.3 Å². The van der Waals surface area contributed by atoms with Crippen LogP contribution in [-0.2, 0) is 39.1 Å². The van der Waals surface area contributed by atoms with Gasteiger partial charge in [0, 0.05) is 37.3 Å². The van der Waals surface area contributed by atoms with Crippen LogP contribution in [0.1, 0.15) is 21.7 Å². The first kappa shape index (κ1) is 19.5. The van der Waals surface area contributed by atoms with Gasteiger partial charge in [0.15, 0.2) is 5.69 Å². The number of nitrogens with one attached hydrogen (secondary N) is 1. The number of carbonyl (C=O) groups excluding carboxylic acids is 1. The van der Waals surface area contributed by atoms with E-state index in [2.05, 4.69) is 9.82 Å². The van der Waals surface area contributed by atoms with E-state index < -0.39 is 10.0 Å². The molecule has 1 amide bonds. The van der Waals surface area contributed by atoms with Crippen LogP contribution in [0.5, 0.6) is 0 Å². The fourth-order valence-corrected chi connectivity index (χ4v) is 5.41. The summed E-state index contributed by atoms with van der Waals surface area (Å²) in [5, 5.41) is 6.25. The fraction of sp³-hybridized carbons (Fsp3) is 0.529. The summed E-state index contributed by atoms with van der Waals surface area (Å²) in [6.45, 7) is 3.59. The number of carbonyl (C=O) groups is 1. The summed E-state index contributed by atoms with van der Waals surface area (Å²) in [4.78, 5) is 14.6. The number of amides is 1. The molecule has 1 fully saturated rings. The first-order valence-electron chi connectivity index (χ1n) is 9.13. The van der Waals surface area contributed by atoms with Crippen molar-refractivity contribution in [3.05, 3.63) is 34.5 Å². The molecule has 2 aliphatic heterocycles. The summed E-state index contributed by atoms with van der Waals surface area (Å²) in [6, 6.07) is 3.27. The van der Waals surface area contributed by atoms with Gasteiger partial charge in [0.25, 0.3) is 5.91 Å². The lowest BCUT2D eigenvalue weighted by atomic mass is 10.1. The number of sulfonamides is 1. The Balaban J connectivity index is 1.49. The third-order valence-electron chi connectivity index (χ3n) is 4.77. The average molecular weight is 427 g/mol. The van der Waals surface area contributed by atoms with E-state index in [-0.39, 0.29) is 16.7 Å². The molecule has 0 spiro atoms. The third-order valence-corrected chi connectivity index (χ3v) is 7.63. The fourth-order valence-electron chi connectivity index (χ4n) is 3.36. The number of morpholine rings is 1. The minimum atomic E-state index is -3.52. The van der Waals surface area contributed by atoms with Crippen LogP contribution in [-0.4, -0.2) is 68.5 Å². The van der Waals surface area contributed by atoms with E-state index in [9.17, 15) is 13.2 Å². The Hall–Kier alpha value is -1.79. The summed E-state index contributed by atoms with van der Waals surface area (Å²) < 4.78 is 40.0. The summed E-state index contributed by atoms with van der Waals surface area (Å²) in [6.07, 6.45) is 0.649. The van der Waals surface area contributed by atoms with Gasteiger partial charge in [-0.25, -0.2) is 13.1 Å². The highest BCUT2D eigenvalue weighted by molar-refractivity contribution is 7.91. The Bertz CT molecular complexity index is 933. The molecule has 4 rings (SSSR count). The quantitative estimate of drug-likeness (QED) is 0.720. The number of hydrogen-bond donors (Lipinski definition) is 1. The predicted octanol–water partition coefficient (Wildman–Crippen LogP) is 0.468. The summed E-state index contributed by atoms with van der Waals surface area (Å²) >= 11 is 1.17. The molecule has 0 unspecified atom stereocenters. The van der Waals surface area contributed by atoms with Crippen LogP contribution in [0.2, 0.25) is 0 Å². The molecule has 0 bridgehead atoms. The number of aromatic nitrogens is 2. The molecule has 0 saturated carbocycles. The molecule has 0 atom stereocenters. The van der Waals surface area contributed by atoms with Gasteiger partial charge in [-0.3, -0.25) is 9.48 Å². The molecule has 9 nitrogen and oxygen atoms in total. The second-order valence-corrected chi connectivity index (χ2v) is 9.48. The maximum atomic E-state index is 12.9. The largest absolute Gasteiger partial charge is 0.378 e. The number of fused-ring (bicyclic) bond motifs is 1. The molecule has 1 saturated heterocycles. The Labute approximate surface area is 167 Å². The van der Waals surface area contributed by atoms with Crippen molar-refractivity contribution in [2.75, 3.05) is 39.5 Å². The molecule has 2 aromatic rings. The maximum absolute atomic E-state index is 12.9. The molecule has 0 aliphatic carbocycles. The molecular formula is C17H22N4O5S2. The van der Waals surface area contributed by atoms with Crippen molar-refractivity contribution in [3.63, 3.8) is 0 Å². The topological polar surface area (TPSA) is 103 Å². The number of rotatable bonds is 6. The Morgan fingerprint density at radius 1 is 1.25 bits per heavy atom. The Morgan fingerprint density at radius 3 is 2.82 bits per heavy atom. The van der Waals surface area contributed by atoms with E-state index in [0.717, 1.165) is 11.3 Å². The van der Waals surface area contributed by atoms with Gasteiger partial charge in [0.05, 0.1) is 33.0 Å². The van der Waals surface area contributed by atoms with Crippen molar-refractivity contribution in [1.82, 2.24) is 19.4 Å². The van der Waals surface area contributed by atoms with Gasteiger partial charge in [-0.1, -0.05) is 6.07 Å². The van der Waals surface area contributed by atoms with Crippen LogP contribution in [0.25, 0.3) is 0 Å². The average Bonchev–Trinajstić information content (AvgIpc) is 3.37. The van der Waals surface area contributed by atoms with Gasteiger partial charge in [0.1, 0.15) is 4.21 Å². The van der Waals surface area contributed by atoms with Gasteiger partial charge in [-0.05, 0) is 11.4 Å². The van der Waals surface area contributed by atoms with E-state index in [1.165, 1.54) is 11.3 Å². The molecular weight excluding hydrogens is 404 g/mol. The van der Waals surface area contributed by atoms with Crippen LogP contribution in [0, 0.1) is 0 Å². The monoisotopic (exact) mass is 426 g/mol. The molecule has 1 N–H and O–H groups in total. The second-order valence-electron chi connectivity index (χ2n) is 6.53. The van der Waals surface area contributed by atoms with E-state index in [4.69, 9.17) is 9.47 Å². The van der Waals surface area contributed by atoms with E-state index in [0.29, 0.717) is 58.2 Å². The molecule has 0 radical (unpaired) electrons.